The third kappa shape index (κ3) is 5.13. The maximum atomic E-state index is 12.9. The van der Waals surface area contributed by atoms with Crippen LogP contribution in [-0.2, 0) is 22.2 Å². The molecule has 34 heavy (non-hydrogen) atoms. The van der Waals surface area contributed by atoms with Gasteiger partial charge >= 0.3 is 0 Å². The summed E-state index contributed by atoms with van der Waals surface area (Å²) in [5, 5.41) is 16.9. The summed E-state index contributed by atoms with van der Waals surface area (Å²) in [4.78, 5) is 0.183. The second kappa shape index (κ2) is 10.4. The fourth-order valence-corrected chi connectivity index (χ4v) is 5.59. The number of benzene rings is 2. The third-order valence-electron chi connectivity index (χ3n) is 5.13. The largest absolute Gasteiger partial charge is 0.424 e. The van der Waals surface area contributed by atoms with E-state index in [1.54, 1.807) is 38.1 Å². The lowest BCUT2D eigenvalue weighted by Crippen LogP contribution is -2.30. The number of hydrogen-bond acceptors (Lipinski definition) is 9. The van der Waals surface area contributed by atoms with Crippen molar-refractivity contribution in [1.29, 1.82) is 0 Å². The Morgan fingerprint density at radius 3 is 2.44 bits per heavy atom. The van der Waals surface area contributed by atoms with Crippen LogP contribution in [0.1, 0.15) is 31.2 Å². The van der Waals surface area contributed by atoms with Gasteiger partial charge in [0.15, 0.2) is 5.82 Å². The molecule has 0 fully saturated rings. The first-order chi connectivity index (χ1) is 16.4. The van der Waals surface area contributed by atoms with Gasteiger partial charge in [0.05, 0.1) is 17.1 Å². The first-order valence-electron chi connectivity index (χ1n) is 10.7. The average Bonchev–Trinajstić information content (AvgIpc) is 3.45. The lowest BCUT2D eigenvalue weighted by molar-refractivity contribution is 0.445. The van der Waals surface area contributed by atoms with Crippen molar-refractivity contribution in [3.8, 4) is 11.4 Å². The predicted octanol–water partition coefficient (Wildman–Crippen LogP) is 2.96. The van der Waals surface area contributed by atoms with Crippen molar-refractivity contribution in [3.63, 3.8) is 0 Å². The van der Waals surface area contributed by atoms with E-state index in [0.717, 1.165) is 5.56 Å². The normalized spacial score (nSPS) is 11.9. The topological polar surface area (TPSA) is 133 Å². The van der Waals surface area contributed by atoms with Crippen LogP contribution < -0.4 is 5.84 Å². The van der Waals surface area contributed by atoms with Gasteiger partial charge in [-0.25, -0.2) is 13.1 Å². The van der Waals surface area contributed by atoms with E-state index in [-0.39, 0.29) is 4.90 Å². The molecule has 4 aromatic rings. The maximum Gasteiger partial charge on any atom is 0.243 e. The molecule has 0 amide bonds. The SMILES string of the molecule is CCN(CC)S(=O)(=O)c1cccc(-c2nnc(SCc3nnc(Cc4ccccc4)o3)n2N)c1. The van der Waals surface area contributed by atoms with E-state index in [2.05, 4.69) is 20.4 Å². The summed E-state index contributed by atoms with van der Waals surface area (Å²) in [7, 11) is -3.60. The molecule has 178 valence electrons. The zero-order chi connectivity index (χ0) is 24.1. The molecule has 0 aliphatic heterocycles. The molecule has 0 bridgehead atoms. The maximum absolute atomic E-state index is 12.9. The quantitative estimate of drug-likeness (QED) is 0.258. The molecule has 0 aliphatic carbocycles. The molecule has 0 spiro atoms. The van der Waals surface area contributed by atoms with Gasteiger partial charge in [-0.3, -0.25) is 0 Å². The molecular formula is C22H25N7O3S2. The molecule has 0 unspecified atom stereocenters. The molecule has 2 heterocycles. The summed E-state index contributed by atoms with van der Waals surface area (Å²) in [6, 6.07) is 16.4. The lowest BCUT2D eigenvalue weighted by Gasteiger charge is -2.18. The lowest BCUT2D eigenvalue weighted by atomic mass is 10.2. The van der Waals surface area contributed by atoms with Crippen LogP contribution in [0.15, 0.2) is 69.1 Å². The van der Waals surface area contributed by atoms with Gasteiger partial charge in [-0.05, 0) is 17.7 Å². The number of hydrogen-bond donors (Lipinski definition) is 1. The smallest absolute Gasteiger partial charge is 0.243 e. The molecule has 0 radical (unpaired) electrons. The average molecular weight is 500 g/mol. The highest BCUT2D eigenvalue weighted by molar-refractivity contribution is 7.98. The van der Waals surface area contributed by atoms with Gasteiger partial charge in [0, 0.05) is 18.7 Å². The summed E-state index contributed by atoms with van der Waals surface area (Å²) in [5.74, 6) is 7.93. The highest BCUT2D eigenvalue weighted by Gasteiger charge is 2.23. The Morgan fingerprint density at radius 1 is 0.971 bits per heavy atom. The number of nitrogen functional groups attached to an aromatic ring is 1. The van der Waals surface area contributed by atoms with Crippen molar-refractivity contribution in [2.45, 2.75) is 36.1 Å². The Balaban J connectivity index is 1.47. The molecule has 12 heteroatoms. The van der Waals surface area contributed by atoms with Crippen molar-refractivity contribution in [2.24, 2.45) is 0 Å². The Hall–Kier alpha value is -3.22. The van der Waals surface area contributed by atoms with E-state index in [1.807, 2.05) is 30.3 Å². The molecule has 0 saturated carbocycles. The fraction of sp³-hybridized carbons (Fsp3) is 0.273. The number of rotatable bonds is 10. The van der Waals surface area contributed by atoms with Crippen LogP contribution in [0, 0.1) is 0 Å². The minimum Gasteiger partial charge on any atom is -0.424 e. The van der Waals surface area contributed by atoms with Crippen LogP contribution in [0.4, 0.5) is 0 Å². The van der Waals surface area contributed by atoms with Crippen LogP contribution in [0.25, 0.3) is 11.4 Å². The van der Waals surface area contributed by atoms with Gasteiger partial charge < -0.3 is 10.3 Å². The molecular weight excluding hydrogens is 474 g/mol. The van der Waals surface area contributed by atoms with Gasteiger partial charge in [-0.15, -0.1) is 20.4 Å². The molecule has 0 saturated heterocycles. The summed E-state index contributed by atoms with van der Waals surface area (Å²) in [6.07, 6.45) is 0.558. The van der Waals surface area contributed by atoms with E-state index in [4.69, 9.17) is 10.3 Å². The summed E-state index contributed by atoms with van der Waals surface area (Å²) < 4.78 is 34.2. The van der Waals surface area contributed by atoms with Crippen molar-refractivity contribution in [3.05, 3.63) is 71.9 Å². The Bertz CT molecular complexity index is 1350. The molecule has 2 aromatic heterocycles. The second-order valence-corrected chi connectivity index (χ2v) is 10.2. The zero-order valence-corrected chi connectivity index (χ0v) is 20.5. The molecule has 0 atom stereocenters. The molecule has 4 rings (SSSR count). The summed E-state index contributed by atoms with van der Waals surface area (Å²) in [5.41, 5.74) is 1.64. The molecule has 0 aliphatic rings. The van der Waals surface area contributed by atoms with Gasteiger partial charge in [0.25, 0.3) is 0 Å². The summed E-state index contributed by atoms with van der Waals surface area (Å²) >= 11 is 1.30. The van der Waals surface area contributed by atoms with E-state index in [0.29, 0.717) is 53.6 Å². The van der Waals surface area contributed by atoms with Crippen LogP contribution in [0.3, 0.4) is 0 Å². The Kier molecular flexibility index (Phi) is 7.29. The minimum absolute atomic E-state index is 0.183. The van der Waals surface area contributed by atoms with Gasteiger partial charge in [-0.2, -0.15) is 4.31 Å². The fourth-order valence-electron chi connectivity index (χ4n) is 3.40. The van der Waals surface area contributed by atoms with E-state index >= 15 is 0 Å². The van der Waals surface area contributed by atoms with Gasteiger partial charge in [-0.1, -0.05) is 68.1 Å². The van der Waals surface area contributed by atoms with E-state index in [1.165, 1.54) is 20.7 Å². The first-order valence-corrected chi connectivity index (χ1v) is 13.1. The minimum atomic E-state index is -3.60. The monoisotopic (exact) mass is 499 g/mol. The Morgan fingerprint density at radius 2 is 1.71 bits per heavy atom. The number of aromatic nitrogens is 5. The number of sulfonamides is 1. The predicted molar refractivity (Wildman–Crippen MR) is 129 cm³/mol. The number of nitrogens with zero attached hydrogens (tertiary/aromatic N) is 6. The summed E-state index contributed by atoms with van der Waals surface area (Å²) in [6.45, 7) is 4.39. The second-order valence-electron chi connectivity index (χ2n) is 7.33. The number of nitrogens with two attached hydrogens (primary N) is 1. The van der Waals surface area contributed by atoms with E-state index < -0.39 is 10.0 Å². The van der Waals surface area contributed by atoms with E-state index in [9.17, 15) is 8.42 Å². The zero-order valence-electron chi connectivity index (χ0n) is 18.8. The highest BCUT2D eigenvalue weighted by atomic mass is 32.2. The van der Waals surface area contributed by atoms with Crippen molar-refractivity contribution in [2.75, 3.05) is 18.9 Å². The van der Waals surface area contributed by atoms with Gasteiger partial charge in [0.1, 0.15) is 0 Å². The van der Waals surface area contributed by atoms with Crippen LogP contribution in [0.5, 0.6) is 0 Å². The van der Waals surface area contributed by atoms with Crippen LogP contribution in [0.2, 0.25) is 0 Å². The standard InChI is InChI=1S/C22H25N7O3S2/c1-3-28(4-2)34(30,31)18-12-8-11-17(14-18)21-26-27-22(29(21)23)33-15-20-25-24-19(32-20)13-16-9-6-5-7-10-16/h5-12,14H,3-4,13,15,23H2,1-2H3. The van der Waals surface area contributed by atoms with Crippen molar-refractivity contribution in [1.82, 2.24) is 29.4 Å². The first kappa shape index (κ1) is 23.9. The molecule has 10 nitrogen and oxygen atoms in total. The van der Waals surface area contributed by atoms with Crippen LogP contribution >= 0.6 is 11.8 Å². The third-order valence-corrected chi connectivity index (χ3v) is 8.11. The van der Waals surface area contributed by atoms with Crippen molar-refractivity contribution >= 4 is 21.8 Å². The number of thioether (sulfide) groups is 1. The highest BCUT2D eigenvalue weighted by Crippen LogP contribution is 2.26. The Labute approximate surface area is 202 Å². The van der Waals surface area contributed by atoms with Crippen molar-refractivity contribution < 1.29 is 12.8 Å². The van der Waals surface area contributed by atoms with Crippen LogP contribution in [-0.4, -0.2) is 50.9 Å². The molecule has 2 N–H and O–H groups in total. The van der Waals surface area contributed by atoms with Gasteiger partial charge in [0.2, 0.25) is 27.0 Å². The molecule has 2 aromatic carbocycles.